The van der Waals surface area contributed by atoms with Crippen LogP contribution in [0.25, 0.3) is 0 Å². The normalized spacial score (nSPS) is 13.6. The van der Waals surface area contributed by atoms with Gasteiger partial charge in [0.05, 0.1) is 14.6 Å². The fraction of sp³-hybridized carbons (Fsp3) is 0.167. The van der Waals surface area contributed by atoms with Crippen LogP contribution in [0.1, 0.15) is 20.9 Å². The van der Waals surface area contributed by atoms with E-state index in [9.17, 15) is 19.7 Å². The molecule has 0 fully saturated rings. The van der Waals surface area contributed by atoms with Crippen molar-refractivity contribution in [3.63, 3.8) is 0 Å². The van der Waals surface area contributed by atoms with Gasteiger partial charge in [0.1, 0.15) is 5.69 Å². The van der Waals surface area contributed by atoms with Gasteiger partial charge in [-0.1, -0.05) is 59.9 Å². The number of halogens is 3. The third kappa shape index (κ3) is 3.55. The van der Waals surface area contributed by atoms with Crippen molar-refractivity contribution in [2.24, 2.45) is 0 Å². The van der Waals surface area contributed by atoms with Gasteiger partial charge in [0.2, 0.25) is 0 Å². The van der Waals surface area contributed by atoms with E-state index in [4.69, 9.17) is 0 Å². The number of rotatable bonds is 4. The number of hydrogen-bond donors (Lipinski definition) is 2. The largest absolute Gasteiger partial charge is 0.354 e. The van der Waals surface area contributed by atoms with Crippen molar-refractivity contribution in [2.75, 3.05) is 0 Å². The fourth-order valence-corrected chi connectivity index (χ4v) is 3.31. The van der Waals surface area contributed by atoms with Crippen LogP contribution in [-0.4, -0.2) is 14.9 Å². The Morgan fingerprint density at radius 1 is 1.05 bits per heavy atom. The van der Waals surface area contributed by atoms with Gasteiger partial charge in [-0.05, 0) is 17.7 Å². The fourth-order valence-electron chi connectivity index (χ4n) is 1.84. The molecule has 2 atom stereocenters. The van der Waals surface area contributed by atoms with E-state index in [1.807, 2.05) is 29.2 Å². The van der Waals surface area contributed by atoms with Crippen LogP contribution in [-0.2, 0) is 0 Å². The molecule has 2 aromatic rings. The molecule has 1 aromatic heterocycles. The second-order valence-electron chi connectivity index (χ2n) is 4.28. The molecule has 0 aliphatic rings. The Kier molecular flexibility index (Phi) is 5.35. The molecule has 22 heavy (non-hydrogen) atoms. The van der Waals surface area contributed by atoms with Gasteiger partial charge in [-0.15, -0.1) is 0 Å². The summed E-state index contributed by atoms with van der Waals surface area (Å²) in [4.78, 5) is 36.4. The zero-order valence-corrected chi connectivity index (χ0v) is 15.4. The van der Waals surface area contributed by atoms with E-state index in [0.29, 0.717) is 0 Å². The Hall–Kier alpha value is -1.26. The molecule has 0 saturated carbocycles. The number of nitrogens with zero attached hydrogens (tertiary/aromatic N) is 1. The van der Waals surface area contributed by atoms with Crippen molar-refractivity contribution in [3.05, 3.63) is 70.9 Å². The summed E-state index contributed by atoms with van der Waals surface area (Å²) in [5.74, 6) is 0. The van der Waals surface area contributed by atoms with Gasteiger partial charge >= 0.3 is 16.9 Å². The molecule has 0 saturated heterocycles. The van der Waals surface area contributed by atoms with Gasteiger partial charge in [-0.25, -0.2) is 4.79 Å². The van der Waals surface area contributed by atoms with Crippen molar-refractivity contribution in [1.29, 1.82) is 0 Å². The summed E-state index contributed by atoms with van der Waals surface area (Å²) in [5.41, 5.74) is -1.80. The maximum Gasteiger partial charge on any atom is 0.354 e. The Balaban J connectivity index is 2.51. The monoisotopic (exact) mass is 495 g/mol. The average Bonchev–Trinajstić information content (AvgIpc) is 2.45. The van der Waals surface area contributed by atoms with Gasteiger partial charge in [0.25, 0.3) is 0 Å². The Bertz CT molecular complexity index is 816. The summed E-state index contributed by atoms with van der Waals surface area (Å²) in [5, 5.41) is 11.1. The van der Waals surface area contributed by atoms with Crippen LogP contribution >= 0.6 is 47.8 Å². The highest BCUT2D eigenvalue weighted by molar-refractivity contribution is 9.12. The summed E-state index contributed by atoms with van der Waals surface area (Å²) >= 11 is 10.1. The van der Waals surface area contributed by atoms with E-state index >= 15 is 0 Å². The number of nitrogens with one attached hydrogen (secondary N) is 2. The second kappa shape index (κ2) is 6.88. The molecule has 116 valence electrons. The molecular weight excluding hydrogens is 490 g/mol. The Labute approximate surface area is 148 Å². The first-order chi connectivity index (χ1) is 10.3. The topological polar surface area (TPSA) is 109 Å². The quantitative estimate of drug-likeness (QED) is 0.383. The molecule has 0 radical (unpaired) electrons. The van der Waals surface area contributed by atoms with Crippen LogP contribution in [0.2, 0.25) is 0 Å². The molecule has 0 bridgehead atoms. The van der Waals surface area contributed by atoms with Gasteiger partial charge in [-0.3, -0.25) is 19.9 Å². The van der Waals surface area contributed by atoms with Gasteiger partial charge in [-0.2, -0.15) is 0 Å². The number of benzene rings is 1. The molecule has 0 amide bonds. The minimum absolute atomic E-state index is 0.0939. The van der Waals surface area contributed by atoms with Crippen LogP contribution in [0.5, 0.6) is 0 Å². The first-order valence-corrected chi connectivity index (χ1v) is 8.48. The smallest absolute Gasteiger partial charge is 0.304 e. The van der Waals surface area contributed by atoms with E-state index in [1.54, 1.807) is 0 Å². The first kappa shape index (κ1) is 17.1. The first-order valence-electron chi connectivity index (χ1n) is 5.85. The standard InChI is InChI=1S/C12H8Br3N3O4/c13-6-3-1-5(2-4-6)7(14)8(15)9-10(18(21)22)11(19)17-12(20)16-9/h1-4,7-8H,(H2,16,17,19,20)/t7-,8-/m0/s1. The third-order valence-corrected chi connectivity index (χ3v) is 6.13. The van der Waals surface area contributed by atoms with Gasteiger partial charge in [0.15, 0.2) is 0 Å². The van der Waals surface area contributed by atoms with Crippen LogP contribution in [0, 0.1) is 10.1 Å². The van der Waals surface area contributed by atoms with Crippen LogP contribution in [0.3, 0.4) is 0 Å². The summed E-state index contributed by atoms with van der Waals surface area (Å²) in [7, 11) is 0. The van der Waals surface area contributed by atoms with Gasteiger partial charge < -0.3 is 4.98 Å². The third-order valence-electron chi connectivity index (χ3n) is 2.85. The number of hydrogen-bond acceptors (Lipinski definition) is 4. The molecule has 0 aliphatic heterocycles. The molecule has 1 aromatic carbocycles. The number of H-pyrrole nitrogens is 2. The molecule has 2 N–H and O–H groups in total. The minimum atomic E-state index is -1.04. The Morgan fingerprint density at radius 2 is 1.64 bits per heavy atom. The number of aromatic nitrogens is 2. The highest BCUT2D eigenvalue weighted by atomic mass is 79.9. The highest BCUT2D eigenvalue weighted by Gasteiger charge is 2.30. The summed E-state index contributed by atoms with van der Waals surface area (Å²) in [6.07, 6.45) is 0. The maximum absolute atomic E-state index is 11.7. The number of aromatic amines is 2. The number of alkyl halides is 2. The molecular formula is C12H8Br3N3O4. The van der Waals surface area contributed by atoms with Crippen molar-refractivity contribution in [1.82, 2.24) is 9.97 Å². The molecule has 0 spiro atoms. The zero-order valence-electron chi connectivity index (χ0n) is 10.7. The molecule has 2 rings (SSSR count). The summed E-state index contributed by atoms with van der Waals surface area (Å²) in [6.45, 7) is 0. The summed E-state index contributed by atoms with van der Waals surface area (Å²) < 4.78 is 0.887. The Morgan fingerprint density at radius 3 is 2.18 bits per heavy atom. The lowest BCUT2D eigenvalue weighted by atomic mass is 10.1. The predicted octanol–water partition coefficient (Wildman–Crippen LogP) is 3.31. The summed E-state index contributed by atoms with van der Waals surface area (Å²) in [6, 6.07) is 7.26. The lowest BCUT2D eigenvalue weighted by molar-refractivity contribution is -0.387. The van der Waals surface area contributed by atoms with E-state index < -0.39 is 31.5 Å². The molecule has 10 heteroatoms. The lowest BCUT2D eigenvalue weighted by Gasteiger charge is -2.17. The van der Waals surface area contributed by atoms with E-state index in [0.717, 1.165) is 10.0 Å². The molecule has 0 aliphatic carbocycles. The molecule has 7 nitrogen and oxygen atoms in total. The van der Waals surface area contributed by atoms with Crippen molar-refractivity contribution < 1.29 is 4.92 Å². The highest BCUT2D eigenvalue weighted by Crippen LogP contribution is 2.43. The minimum Gasteiger partial charge on any atom is -0.304 e. The average molecular weight is 498 g/mol. The van der Waals surface area contributed by atoms with Crippen LogP contribution in [0.4, 0.5) is 5.69 Å². The maximum atomic E-state index is 11.7. The van der Waals surface area contributed by atoms with E-state index in [-0.39, 0.29) is 5.69 Å². The number of nitro groups is 1. The van der Waals surface area contributed by atoms with E-state index in [1.165, 1.54) is 0 Å². The second-order valence-corrected chi connectivity index (χ2v) is 7.17. The van der Waals surface area contributed by atoms with E-state index in [2.05, 4.69) is 52.8 Å². The van der Waals surface area contributed by atoms with Crippen molar-refractivity contribution >= 4 is 53.5 Å². The van der Waals surface area contributed by atoms with Crippen molar-refractivity contribution in [3.8, 4) is 0 Å². The molecule has 1 heterocycles. The predicted molar refractivity (Wildman–Crippen MR) is 91.8 cm³/mol. The van der Waals surface area contributed by atoms with Gasteiger partial charge in [0, 0.05) is 4.47 Å². The lowest BCUT2D eigenvalue weighted by Crippen LogP contribution is -2.27. The SMILES string of the molecule is O=c1[nH]c([C@@H](Br)[C@@H](Br)c2ccc(Br)cc2)c([N+](=O)[O-])c(=O)[nH]1. The van der Waals surface area contributed by atoms with Crippen LogP contribution < -0.4 is 11.2 Å². The van der Waals surface area contributed by atoms with Crippen LogP contribution in [0.15, 0.2) is 38.3 Å². The van der Waals surface area contributed by atoms with Crippen molar-refractivity contribution in [2.45, 2.75) is 9.65 Å². The molecule has 0 unspecified atom stereocenters. The zero-order chi connectivity index (χ0) is 16.4.